The molecule has 0 amide bonds. The predicted octanol–water partition coefficient (Wildman–Crippen LogP) is 21.8. The van der Waals surface area contributed by atoms with Gasteiger partial charge < -0.3 is 33.8 Å². The Labute approximate surface area is 594 Å². The fourth-order valence-corrected chi connectivity index (χ4v) is 11.6. The quantitative estimate of drug-likeness (QED) is 0.0169. The summed E-state index contributed by atoms with van der Waals surface area (Å²) in [5.41, 5.74) is 0. The number of phosphoric acid groups is 2. The Morgan fingerprint density at radius 2 is 0.551 bits per heavy atom. The molecule has 0 aliphatic carbocycles. The maximum Gasteiger partial charge on any atom is 0.472 e. The van der Waals surface area contributed by atoms with Gasteiger partial charge in [-0.2, -0.15) is 0 Å². The number of allylic oxidation sites excluding steroid dienone is 18. The molecule has 0 spiro atoms. The Kier molecular flexibility index (Phi) is 68.0. The smallest absolute Gasteiger partial charge is 0.462 e. The SMILES string of the molecule is CC/C=C\C/C=C\C/C=C\C/C=C\C/C=C\C/C=C\CCC(=O)OCC(COP(=O)(O)OCC(O)COP(=O)(O)OCC(COC(=O)CCCCCCC/C=C\C/C=C\C/C=C\CC)OC(=O)CCCCCCCCCCCCCCC)OC(=O)CCCCCCCCCCCCC. The summed E-state index contributed by atoms with van der Waals surface area (Å²) in [6.45, 7) is 4.55. The van der Waals surface area contributed by atoms with E-state index in [1.54, 1.807) is 0 Å². The minimum Gasteiger partial charge on any atom is -0.462 e. The molecule has 0 bridgehead atoms. The van der Waals surface area contributed by atoms with Crippen molar-refractivity contribution in [3.05, 3.63) is 109 Å². The van der Waals surface area contributed by atoms with Crippen LogP contribution >= 0.6 is 15.6 Å². The van der Waals surface area contributed by atoms with Gasteiger partial charge >= 0.3 is 39.5 Å². The Hall–Kier alpha value is -4.28. The number of hydrogen-bond acceptors (Lipinski definition) is 15. The molecule has 0 aromatic heterocycles. The highest BCUT2D eigenvalue weighted by Gasteiger charge is 2.30. The van der Waals surface area contributed by atoms with Gasteiger partial charge in [-0.1, -0.05) is 298 Å². The molecule has 0 aliphatic rings. The van der Waals surface area contributed by atoms with Crippen LogP contribution in [0, 0.1) is 0 Å². The summed E-state index contributed by atoms with van der Waals surface area (Å²) in [6.07, 6.45) is 75.3. The predicted molar refractivity (Wildman–Crippen MR) is 399 cm³/mol. The van der Waals surface area contributed by atoms with Gasteiger partial charge in [-0.25, -0.2) is 9.13 Å². The van der Waals surface area contributed by atoms with Crippen LogP contribution in [0.15, 0.2) is 109 Å². The Morgan fingerprint density at radius 1 is 0.296 bits per heavy atom. The van der Waals surface area contributed by atoms with Crippen LogP contribution in [-0.2, 0) is 65.4 Å². The lowest BCUT2D eigenvalue weighted by molar-refractivity contribution is -0.161. The number of carbonyl (C=O) groups is 4. The third-order valence-corrected chi connectivity index (χ3v) is 17.7. The summed E-state index contributed by atoms with van der Waals surface area (Å²) in [6, 6.07) is 0. The van der Waals surface area contributed by atoms with E-state index in [4.69, 9.17) is 37.0 Å². The lowest BCUT2D eigenvalue weighted by Gasteiger charge is -2.21. The van der Waals surface area contributed by atoms with E-state index >= 15 is 0 Å². The van der Waals surface area contributed by atoms with Crippen molar-refractivity contribution in [2.45, 2.75) is 329 Å². The van der Waals surface area contributed by atoms with Gasteiger partial charge in [-0.15, -0.1) is 0 Å². The minimum absolute atomic E-state index is 0.0371. The van der Waals surface area contributed by atoms with E-state index in [0.717, 1.165) is 135 Å². The Bertz CT molecular complexity index is 2290. The first-order chi connectivity index (χ1) is 47.7. The van der Waals surface area contributed by atoms with E-state index in [-0.39, 0.29) is 25.7 Å². The normalized spacial score (nSPS) is 14.6. The molecule has 98 heavy (non-hydrogen) atoms. The van der Waals surface area contributed by atoms with Crippen molar-refractivity contribution in [3.63, 3.8) is 0 Å². The highest BCUT2D eigenvalue weighted by Crippen LogP contribution is 2.45. The summed E-state index contributed by atoms with van der Waals surface area (Å²) in [4.78, 5) is 72.7. The fraction of sp³-hybridized carbons (Fsp3) is 0.722. The average Bonchev–Trinajstić information content (AvgIpc) is 1.00. The van der Waals surface area contributed by atoms with Crippen molar-refractivity contribution in [3.8, 4) is 0 Å². The zero-order chi connectivity index (χ0) is 71.8. The first-order valence-corrected chi connectivity index (χ1v) is 41.1. The van der Waals surface area contributed by atoms with E-state index in [9.17, 15) is 43.2 Å². The fourth-order valence-electron chi connectivity index (χ4n) is 10.0. The third kappa shape index (κ3) is 70.2. The minimum atomic E-state index is -4.99. The van der Waals surface area contributed by atoms with Crippen molar-refractivity contribution in [2.24, 2.45) is 0 Å². The molecule has 0 heterocycles. The number of rotatable bonds is 71. The second kappa shape index (κ2) is 71.1. The number of phosphoric ester groups is 2. The molecule has 0 rings (SSSR count). The number of aliphatic hydroxyl groups excluding tert-OH is 1. The van der Waals surface area contributed by atoms with Crippen molar-refractivity contribution in [2.75, 3.05) is 39.6 Å². The van der Waals surface area contributed by atoms with Crippen LogP contribution in [0.25, 0.3) is 0 Å². The maximum atomic E-state index is 13.1. The molecule has 17 nitrogen and oxygen atoms in total. The van der Waals surface area contributed by atoms with Gasteiger partial charge in [-0.05, 0) is 96.3 Å². The molecule has 0 aromatic carbocycles. The summed E-state index contributed by atoms with van der Waals surface area (Å²) < 4.78 is 68.3. The van der Waals surface area contributed by atoms with Crippen LogP contribution in [0.4, 0.5) is 0 Å². The van der Waals surface area contributed by atoms with E-state index in [2.05, 4.69) is 119 Å². The van der Waals surface area contributed by atoms with E-state index < -0.39 is 97.5 Å². The molecule has 0 radical (unpaired) electrons. The van der Waals surface area contributed by atoms with Gasteiger partial charge in [0, 0.05) is 25.7 Å². The first kappa shape index (κ1) is 93.7. The van der Waals surface area contributed by atoms with Crippen LogP contribution in [0.3, 0.4) is 0 Å². The summed E-state index contributed by atoms with van der Waals surface area (Å²) in [5.74, 6) is -2.28. The molecule has 5 atom stereocenters. The topological polar surface area (TPSA) is 237 Å². The lowest BCUT2D eigenvalue weighted by atomic mass is 10.0. The molecule has 3 N–H and O–H groups in total. The van der Waals surface area contributed by atoms with Crippen molar-refractivity contribution < 1.29 is 80.2 Å². The molecule has 0 fully saturated rings. The number of esters is 4. The van der Waals surface area contributed by atoms with Crippen molar-refractivity contribution in [1.29, 1.82) is 0 Å². The van der Waals surface area contributed by atoms with Gasteiger partial charge in [0.15, 0.2) is 12.2 Å². The van der Waals surface area contributed by atoms with E-state index in [0.29, 0.717) is 32.1 Å². The first-order valence-electron chi connectivity index (χ1n) is 38.1. The van der Waals surface area contributed by atoms with E-state index in [1.807, 2.05) is 18.2 Å². The molecule has 19 heteroatoms. The van der Waals surface area contributed by atoms with Crippen LogP contribution in [0.5, 0.6) is 0 Å². The van der Waals surface area contributed by atoms with Crippen LogP contribution in [-0.4, -0.2) is 96.7 Å². The molecular formula is C79H136O17P2. The van der Waals surface area contributed by atoms with Crippen LogP contribution < -0.4 is 0 Å². The second-order valence-corrected chi connectivity index (χ2v) is 28.1. The number of unbranched alkanes of at least 4 members (excludes halogenated alkanes) is 27. The number of aliphatic hydroxyl groups is 1. The van der Waals surface area contributed by atoms with Crippen molar-refractivity contribution in [1.82, 2.24) is 0 Å². The van der Waals surface area contributed by atoms with Crippen LogP contribution in [0.2, 0.25) is 0 Å². The maximum absolute atomic E-state index is 13.1. The highest BCUT2D eigenvalue weighted by atomic mass is 31.2. The number of carbonyl (C=O) groups excluding carboxylic acids is 4. The van der Waals surface area contributed by atoms with Gasteiger partial charge in [0.05, 0.1) is 26.4 Å². The molecular weight excluding hydrogens is 1280 g/mol. The van der Waals surface area contributed by atoms with Gasteiger partial charge in [0.1, 0.15) is 19.3 Å². The second-order valence-electron chi connectivity index (χ2n) is 25.2. The lowest BCUT2D eigenvalue weighted by Crippen LogP contribution is -2.30. The Morgan fingerprint density at radius 3 is 0.878 bits per heavy atom. The van der Waals surface area contributed by atoms with Crippen LogP contribution in [0.1, 0.15) is 310 Å². The Balaban J connectivity index is 5.37. The van der Waals surface area contributed by atoms with Gasteiger partial charge in [0.25, 0.3) is 0 Å². The summed E-state index contributed by atoms with van der Waals surface area (Å²) in [7, 11) is -9.96. The van der Waals surface area contributed by atoms with Gasteiger partial charge in [-0.3, -0.25) is 37.3 Å². The molecule has 0 aromatic rings. The highest BCUT2D eigenvalue weighted by molar-refractivity contribution is 7.47. The standard InChI is InChI=1S/C79H136O17P2/c1-5-9-13-17-21-25-29-32-34-35-36-37-39-42-45-48-52-56-60-64-77(82)89-69-74(95-78(83)65-61-57-53-49-43-28-24-20-16-12-8-4)71-93-97(85,86)91-67-73(80)68-92-98(87,88)94-72-75(96-79(84)66-62-58-54-50-46-40-31-27-23-19-15-11-7-3)70-90-76(81)63-59-55-51-47-44-41-38-33-30-26-22-18-14-10-6-2/h9-10,13-14,21-22,25-26,32-34,36-38,42,45,52,56,73-75,80H,5-8,11-12,15-20,23-24,27-31,35,39-41,43-44,46-51,53-55,57-72H2,1-4H3,(H,85,86)(H,87,88)/b13-9-,14-10-,25-21-,26-22-,34-32-,37-36-,38-33-,45-42-,56-52-. The number of ether oxygens (including phenoxy) is 4. The molecule has 5 unspecified atom stereocenters. The zero-order valence-electron chi connectivity index (χ0n) is 61.4. The largest absolute Gasteiger partial charge is 0.472 e. The van der Waals surface area contributed by atoms with E-state index in [1.165, 1.54) is 89.9 Å². The monoisotopic (exact) mass is 1420 g/mol. The summed E-state index contributed by atoms with van der Waals surface area (Å²) >= 11 is 0. The zero-order valence-corrected chi connectivity index (χ0v) is 63.2. The third-order valence-electron chi connectivity index (χ3n) is 15.8. The molecule has 0 saturated heterocycles. The molecule has 0 saturated carbocycles. The number of hydrogen-bond donors (Lipinski definition) is 3. The molecule has 0 aliphatic heterocycles. The average molecular weight is 1420 g/mol. The van der Waals surface area contributed by atoms with Gasteiger partial charge in [0.2, 0.25) is 0 Å². The molecule has 564 valence electrons. The summed E-state index contributed by atoms with van der Waals surface area (Å²) in [5, 5.41) is 10.6. The van der Waals surface area contributed by atoms with Crippen molar-refractivity contribution >= 4 is 39.5 Å².